The third-order valence-corrected chi connectivity index (χ3v) is 6.07. The lowest BCUT2D eigenvalue weighted by atomic mass is 10.00. The number of rotatable bonds is 6. The zero-order valence-corrected chi connectivity index (χ0v) is 19.4. The number of benzene rings is 3. The van der Waals surface area contributed by atoms with Gasteiger partial charge in [-0.1, -0.05) is 36.4 Å². The molecular formula is C28H25N3O4. The Morgan fingerprint density at radius 3 is 2.54 bits per heavy atom. The molecule has 1 N–H and O–H groups in total. The van der Waals surface area contributed by atoms with E-state index in [0.717, 1.165) is 36.2 Å². The molecule has 0 saturated heterocycles. The maximum Gasteiger partial charge on any atom is 0.337 e. The smallest absolute Gasteiger partial charge is 0.337 e. The molecule has 5 rings (SSSR count). The van der Waals surface area contributed by atoms with Crippen LogP contribution < -0.4 is 15.0 Å². The number of esters is 1. The van der Waals surface area contributed by atoms with Gasteiger partial charge >= 0.3 is 5.97 Å². The molecule has 4 aromatic rings. The van der Waals surface area contributed by atoms with Gasteiger partial charge < -0.3 is 19.7 Å². The maximum atomic E-state index is 12.5. The minimum atomic E-state index is -0.428. The molecule has 3 aromatic carbocycles. The van der Waals surface area contributed by atoms with E-state index in [-0.39, 0.29) is 12.5 Å². The number of hydrogen-bond donors (Lipinski definition) is 1. The van der Waals surface area contributed by atoms with Crippen LogP contribution in [0.3, 0.4) is 0 Å². The Morgan fingerprint density at radius 1 is 0.943 bits per heavy atom. The van der Waals surface area contributed by atoms with Crippen LogP contribution in [0.15, 0.2) is 78.9 Å². The summed E-state index contributed by atoms with van der Waals surface area (Å²) in [4.78, 5) is 31.2. The molecule has 35 heavy (non-hydrogen) atoms. The summed E-state index contributed by atoms with van der Waals surface area (Å²) in [6.07, 6.45) is 0.981. The van der Waals surface area contributed by atoms with E-state index in [1.807, 2.05) is 30.3 Å². The van der Waals surface area contributed by atoms with Crippen molar-refractivity contribution in [1.29, 1.82) is 0 Å². The topological polar surface area (TPSA) is 80.8 Å². The number of nitrogens with zero attached hydrogens (tertiary/aromatic N) is 2. The highest BCUT2D eigenvalue weighted by molar-refractivity contribution is 5.94. The molecule has 1 aliphatic rings. The molecule has 176 valence electrons. The molecule has 7 heteroatoms. The number of amides is 1. The number of aromatic nitrogens is 1. The van der Waals surface area contributed by atoms with Gasteiger partial charge in [0, 0.05) is 24.2 Å². The van der Waals surface area contributed by atoms with Gasteiger partial charge in [-0.05, 0) is 60.0 Å². The molecule has 0 bridgehead atoms. The summed E-state index contributed by atoms with van der Waals surface area (Å²) >= 11 is 0. The van der Waals surface area contributed by atoms with Gasteiger partial charge in [-0.2, -0.15) is 0 Å². The molecule has 0 spiro atoms. The molecule has 0 fully saturated rings. The molecular weight excluding hydrogens is 442 g/mol. The van der Waals surface area contributed by atoms with Crippen molar-refractivity contribution in [3.05, 3.63) is 95.6 Å². The summed E-state index contributed by atoms with van der Waals surface area (Å²) in [5.41, 5.74) is 4.41. The summed E-state index contributed by atoms with van der Waals surface area (Å²) in [6, 6.07) is 24.7. The number of fused-ring (bicyclic) bond motifs is 2. The second kappa shape index (κ2) is 9.85. The molecule has 0 radical (unpaired) electrons. The van der Waals surface area contributed by atoms with Crippen molar-refractivity contribution in [3.8, 4) is 5.75 Å². The third-order valence-electron chi connectivity index (χ3n) is 6.07. The highest BCUT2D eigenvalue weighted by Gasteiger charge is 2.18. The van der Waals surface area contributed by atoms with Crippen molar-refractivity contribution in [2.45, 2.75) is 13.0 Å². The molecule has 0 aliphatic carbocycles. The summed E-state index contributed by atoms with van der Waals surface area (Å²) < 4.78 is 10.6. The van der Waals surface area contributed by atoms with Gasteiger partial charge in [0.2, 0.25) is 0 Å². The van der Waals surface area contributed by atoms with Crippen molar-refractivity contribution < 1.29 is 19.1 Å². The van der Waals surface area contributed by atoms with Crippen LogP contribution in [0.1, 0.15) is 21.5 Å². The lowest BCUT2D eigenvalue weighted by molar-refractivity contribution is -0.118. The van der Waals surface area contributed by atoms with Crippen LogP contribution in [0.25, 0.3) is 10.9 Å². The molecule has 0 saturated carbocycles. The summed E-state index contributed by atoms with van der Waals surface area (Å²) in [6.45, 7) is 1.55. The lowest BCUT2D eigenvalue weighted by Gasteiger charge is -2.30. The molecule has 2 heterocycles. The third kappa shape index (κ3) is 4.94. The number of ether oxygens (including phenoxy) is 2. The van der Waals surface area contributed by atoms with E-state index in [0.29, 0.717) is 17.0 Å². The minimum absolute atomic E-state index is 0.166. The highest BCUT2D eigenvalue weighted by atomic mass is 16.5. The Bertz CT molecular complexity index is 1380. The van der Waals surface area contributed by atoms with E-state index >= 15 is 0 Å². The molecule has 0 atom stereocenters. The predicted octanol–water partition coefficient (Wildman–Crippen LogP) is 4.60. The average molecular weight is 468 g/mol. The Hall–Kier alpha value is -4.39. The average Bonchev–Trinajstić information content (AvgIpc) is 2.91. The van der Waals surface area contributed by atoms with Gasteiger partial charge in [0.1, 0.15) is 17.1 Å². The summed E-state index contributed by atoms with van der Waals surface area (Å²) in [5.74, 6) is 0.704. The van der Waals surface area contributed by atoms with Crippen molar-refractivity contribution in [3.63, 3.8) is 0 Å². The molecule has 1 amide bonds. The zero-order valence-electron chi connectivity index (χ0n) is 19.4. The second-order valence-electron chi connectivity index (χ2n) is 8.34. The number of nitrogens with one attached hydrogen (secondary N) is 1. The van der Waals surface area contributed by atoms with Crippen LogP contribution in [-0.4, -0.2) is 37.1 Å². The van der Waals surface area contributed by atoms with Gasteiger partial charge in [0.25, 0.3) is 5.91 Å². The largest absolute Gasteiger partial charge is 0.481 e. The van der Waals surface area contributed by atoms with Gasteiger partial charge in [-0.3, -0.25) is 4.79 Å². The van der Waals surface area contributed by atoms with E-state index in [1.165, 1.54) is 18.2 Å². The van der Waals surface area contributed by atoms with Crippen molar-refractivity contribution >= 4 is 34.3 Å². The summed E-state index contributed by atoms with van der Waals surface area (Å²) in [7, 11) is 1.33. The first kappa shape index (κ1) is 22.4. The molecule has 0 unspecified atom stereocenters. The Labute approximate surface area is 203 Å². The van der Waals surface area contributed by atoms with E-state index in [2.05, 4.69) is 39.2 Å². The van der Waals surface area contributed by atoms with E-state index in [1.54, 1.807) is 24.3 Å². The van der Waals surface area contributed by atoms with Crippen LogP contribution in [0, 0.1) is 0 Å². The number of methoxy groups -OCH3 is 1. The van der Waals surface area contributed by atoms with Gasteiger partial charge in [0.05, 0.1) is 12.7 Å². The minimum Gasteiger partial charge on any atom is -0.481 e. The van der Waals surface area contributed by atoms with Crippen LogP contribution in [-0.2, 0) is 22.5 Å². The number of carbonyl (C=O) groups is 2. The van der Waals surface area contributed by atoms with Crippen LogP contribution >= 0.6 is 0 Å². The quantitative estimate of drug-likeness (QED) is 0.418. The highest BCUT2D eigenvalue weighted by Crippen LogP contribution is 2.29. The fourth-order valence-corrected chi connectivity index (χ4v) is 4.24. The van der Waals surface area contributed by atoms with Gasteiger partial charge in [0.15, 0.2) is 6.61 Å². The summed E-state index contributed by atoms with van der Waals surface area (Å²) in [5, 5.41) is 3.72. The normalized spacial score (nSPS) is 12.7. The second-order valence-corrected chi connectivity index (χ2v) is 8.34. The number of carbonyl (C=O) groups excluding carboxylic acids is 2. The van der Waals surface area contributed by atoms with E-state index in [4.69, 9.17) is 9.72 Å². The SMILES string of the molecule is COC(=O)c1ccc(NC(=O)COc2cccc3ccc(N4CCc5ccccc5C4)nc23)cc1. The molecule has 1 aromatic heterocycles. The van der Waals surface area contributed by atoms with Crippen LogP contribution in [0.5, 0.6) is 5.75 Å². The Balaban J connectivity index is 1.28. The van der Waals surface area contributed by atoms with Crippen molar-refractivity contribution in [2.75, 3.05) is 30.5 Å². The van der Waals surface area contributed by atoms with Gasteiger partial charge in [-0.25, -0.2) is 9.78 Å². The van der Waals surface area contributed by atoms with Crippen LogP contribution in [0.2, 0.25) is 0 Å². The predicted molar refractivity (Wildman–Crippen MR) is 135 cm³/mol. The number of hydrogen-bond acceptors (Lipinski definition) is 6. The maximum absolute atomic E-state index is 12.5. The lowest BCUT2D eigenvalue weighted by Crippen LogP contribution is -2.30. The molecule has 1 aliphatic heterocycles. The van der Waals surface area contributed by atoms with Crippen molar-refractivity contribution in [1.82, 2.24) is 4.98 Å². The van der Waals surface area contributed by atoms with E-state index < -0.39 is 5.97 Å². The van der Waals surface area contributed by atoms with Crippen molar-refractivity contribution in [2.24, 2.45) is 0 Å². The zero-order chi connectivity index (χ0) is 24.2. The fraction of sp³-hybridized carbons (Fsp3) is 0.179. The van der Waals surface area contributed by atoms with Gasteiger partial charge in [-0.15, -0.1) is 0 Å². The Morgan fingerprint density at radius 2 is 1.74 bits per heavy atom. The number of pyridine rings is 1. The number of anilines is 2. The monoisotopic (exact) mass is 467 g/mol. The first-order valence-corrected chi connectivity index (χ1v) is 11.4. The fourth-order valence-electron chi connectivity index (χ4n) is 4.24. The van der Waals surface area contributed by atoms with Crippen LogP contribution in [0.4, 0.5) is 11.5 Å². The number of para-hydroxylation sites is 1. The standard InChI is InChI=1S/C28H25N3O4/c1-34-28(33)21-9-12-23(13-10-21)29-26(32)18-35-24-8-4-7-20-11-14-25(30-27(20)24)31-16-15-19-5-2-3-6-22(19)17-31/h2-14H,15-18H2,1H3,(H,29,32). The first-order chi connectivity index (χ1) is 17.1. The van der Waals surface area contributed by atoms with E-state index in [9.17, 15) is 9.59 Å². The first-order valence-electron chi connectivity index (χ1n) is 11.4. The molecule has 7 nitrogen and oxygen atoms in total. The Kier molecular flexibility index (Phi) is 6.30.